The Bertz CT molecular complexity index is 1180. The second-order valence-corrected chi connectivity index (χ2v) is 6.99. The number of para-hydroxylation sites is 1. The van der Waals surface area contributed by atoms with Crippen LogP contribution in [0.1, 0.15) is 10.5 Å². The average Bonchev–Trinajstić information content (AvgIpc) is 3.08. The molecule has 0 saturated heterocycles. The molecule has 0 spiro atoms. The smallest absolute Gasteiger partial charge is 0.353 e. The summed E-state index contributed by atoms with van der Waals surface area (Å²) in [5, 5.41) is 11.5. The van der Waals surface area contributed by atoms with E-state index in [0.717, 1.165) is 0 Å². The SMILES string of the molecule is COc1nc(NC(=O)NS(=O)(=O)c2c(C(=O)O)[nH]c3ccccc23)nc(OC)n1. The Labute approximate surface area is 163 Å². The van der Waals surface area contributed by atoms with E-state index in [4.69, 9.17) is 9.47 Å². The Balaban J connectivity index is 1.92. The molecule has 14 heteroatoms. The van der Waals surface area contributed by atoms with Crippen molar-refractivity contribution in [3.63, 3.8) is 0 Å². The van der Waals surface area contributed by atoms with E-state index in [1.54, 1.807) is 10.8 Å². The zero-order valence-corrected chi connectivity index (χ0v) is 15.8. The highest BCUT2D eigenvalue weighted by molar-refractivity contribution is 7.90. The van der Waals surface area contributed by atoms with Gasteiger partial charge >= 0.3 is 24.0 Å². The minimum absolute atomic E-state index is 0.105. The molecule has 4 N–H and O–H groups in total. The maximum atomic E-state index is 12.7. The number of carbonyl (C=O) groups is 2. The number of carbonyl (C=O) groups excluding carboxylic acids is 1. The molecule has 152 valence electrons. The van der Waals surface area contributed by atoms with Gasteiger partial charge in [0.1, 0.15) is 10.6 Å². The number of nitrogens with one attached hydrogen (secondary N) is 3. The zero-order chi connectivity index (χ0) is 21.2. The Morgan fingerprint density at radius 3 is 2.28 bits per heavy atom. The van der Waals surface area contributed by atoms with Gasteiger partial charge in [-0.3, -0.25) is 5.32 Å². The van der Waals surface area contributed by atoms with Gasteiger partial charge in [0.2, 0.25) is 5.95 Å². The summed E-state index contributed by atoms with van der Waals surface area (Å²) in [5.41, 5.74) is -0.312. The molecule has 0 fully saturated rings. The van der Waals surface area contributed by atoms with Gasteiger partial charge in [0.15, 0.2) is 0 Å². The van der Waals surface area contributed by atoms with E-state index in [1.807, 2.05) is 0 Å². The lowest BCUT2D eigenvalue weighted by molar-refractivity contribution is 0.0687. The number of hydrogen-bond acceptors (Lipinski definition) is 9. The zero-order valence-electron chi connectivity index (χ0n) is 15.0. The van der Waals surface area contributed by atoms with Gasteiger partial charge in [-0.25, -0.2) is 22.7 Å². The first-order valence-corrected chi connectivity index (χ1v) is 9.25. The van der Waals surface area contributed by atoms with Gasteiger partial charge in [-0.1, -0.05) is 18.2 Å². The molecule has 3 rings (SSSR count). The number of ether oxygens (including phenoxy) is 2. The number of benzene rings is 1. The number of fused-ring (bicyclic) bond motifs is 1. The Morgan fingerprint density at radius 1 is 1.07 bits per heavy atom. The van der Waals surface area contributed by atoms with E-state index in [1.165, 1.54) is 32.4 Å². The molecule has 2 aromatic heterocycles. The summed E-state index contributed by atoms with van der Waals surface area (Å²) in [7, 11) is -2.04. The molecule has 13 nitrogen and oxygen atoms in total. The molecule has 29 heavy (non-hydrogen) atoms. The van der Waals surface area contributed by atoms with Crippen molar-refractivity contribution < 1.29 is 32.6 Å². The second-order valence-electron chi connectivity index (χ2n) is 5.37. The Hall–Kier alpha value is -3.94. The van der Waals surface area contributed by atoms with Gasteiger partial charge in [-0.15, -0.1) is 4.98 Å². The number of nitrogens with zero attached hydrogens (tertiary/aromatic N) is 3. The van der Waals surface area contributed by atoms with Gasteiger partial charge in [-0.05, 0) is 6.07 Å². The molecule has 2 heterocycles. The van der Waals surface area contributed by atoms with Crippen LogP contribution in [0, 0.1) is 0 Å². The quantitative estimate of drug-likeness (QED) is 0.438. The summed E-state index contributed by atoms with van der Waals surface area (Å²) >= 11 is 0. The van der Waals surface area contributed by atoms with E-state index in [-0.39, 0.29) is 28.9 Å². The molecule has 0 bridgehead atoms. The number of sulfonamides is 1. The van der Waals surface area contributed by atoms with Crippen molar-refractivity contribution in [2.45, 2.75) is 4.90 Å². The normalized spacial score (nSPS) is 11.1. The fraction of sp³-hybridized carbons (Fsp3) is 0.133. The highest BCUT2D eigenvalue weighted by Gasteiger charge is 2.29. The van der Waals surface area contributed by atoms with Gasteiger partial charge in [0, 0.05) is 10.9 Å². The number of hydrogen-bond donors (Lipinski definition) is 4. The number of carboxylic acid groups (broad SMARTS) is 1. The van der Waals surface area contributed by atoms with Crippen molar-refractivity contribution in [2.24, 2.45) is 0 Å². The van der Waals surface area contributed by atoms with E-state index in [9.17, 15) is 23.1 Å². The van der Waals surface area contributed by atoms with Crippen molar-refractivity contribution in [1.82, 2.24) is 24.7 Å². The lowest BCUT2D eigenvalue weighted by Crippen LogP contribution is -2.35. The first kappa shape index (κ1) is 19.8. The number of aromatic amines is 1. The van der Waals surface area contributed by atoms with E-state index >= 15 is 0 Å². The molecule has 1 aromatic carbocycles. The van der Waals surface area contributed by atoms with Crippen molar-refractivity contribution in [2.75, 3.05) is 19.5 Å². The predicted molar refractivity (Wildman–Crippen MR) is 97.5 cm³/mol. The number of carboxylic acids is 1. The molecule has 0 atom stereocenters. The highest BCUT2D eigenvalue weighted by Crippen LogP contribution is 2.27. The molecule has 0 unspecified atom stereocenters. The third-order valence-electron chi connectivity index (χ3n) is 3.55. The first-order valence-electron chi connectivity index (χ1n) is 7.77. The molecule has 0 aliphatic rings. The van der Waals surface area contributed by atoms with Gasteiger partial charge in [0.05, 0.1) is 14.2 Å². The van der Waals surface area contributed by atoms with Crippen LogP contribution in [-0.4, -0.2) is 59.7 Å². The van der Waals surface area contributed by atoms with Crippen LogP contribution >= 0.6 is 0 Å². The Morgan fingerprint density at radius 2 is 1.69 bits per heavy atom. The first-order chi connectivity index (χ1) is 13.7. The lowest BCUT2D eigenvalue weighted by Gasteiger charge is -2.09. The van der Waals surface area contributed by atoms with Crippen LogP contribution in [0.15, 0.2) is 29.2 Å². The second kappa shape index (κ2) is 7.59. The summed E-state index contributed by atoms with van der Waals surface area (Å²) in [6.45, 7) is 0. The molecule has 3 aromatic rings. The van der Waals surface area contributed by atoms with Crippen LogP contribution in [-0.2, 0) is 10.0 Å². The Kier molecular flexibility index (Phi) is 5.18. The topological polar surface area (TPSA) is 185 Å². The van der Waals surface area contributed by atoms with Crippen molar-refractivity contribution in [3.05, 3.63) is 30.0 Å². The van der Waals surface area contributed by atoms with Crippen molar-refractivity contribution in [1.29, 1.82) is 0 Å². The summed E-state index contributed by atoms with van der Waals surface area (Å²) in [6, 6.07) is 4.45. The molecule has 2 amide bonds. The minimum atomic E-state index is -4.58. The van der Waals surface area contributed by atoms with Gasteiger partial charge < -0.3 is 19.6 Å². The number of rotatable bonds is 6. The lowest BCUT2D eigenvalue weighted by atomic mass is 10.2. The summed E-state index contributed by atoms with van der Waals surface area (Å²) in [4.78, 5) is 36.8. The van der Waals surface area contributed by atoms with E-state index in [0.29, 0.717) is 0 Å². The predicted octanol–water partition coefficient (Wildman–Crippen LogP) is 0.579. The van der Waals surface area contributed by atoms with Crippen LogP contribution < -0.4 is 19.5 Å². The molecule has 0 aliphatic carbocycles. The molecule has 0 radical (unpaired) electrons. The minimum Gasteiger partial charge on any atom is -0.477 e. The van der Waals surface area contributed by atoms with E-state index in [2.05, 4.69) is 25.3 Å². The summed E-state index contributed by atoms with van der Waals surface area (Å²) in [6.07, 6.45) is 0. The van der Waals surface area contributed by atoms with Gasteiger partial charge in [0.25, 0.3) is 10.0 Å². The number of H-pyrrole nitrogens is 1. The van der Waals surface area contributed by atoms with Crippen LogP contribution in [0.25, 0.3) is 10.9 Å². The molecule has 0 aliphatic heterocycles. The van der Waals surface area contributed by atoms with Crippen LogP contribution in [0.5, 0.6) is 12.0 Å². The van der Waals surface area contributed by atoms with Crippen LogP contribution in [0.4, 0.5) is 10.7 Å². The molecular weight excluding hydrogens is 408 g/mol. The maximum absolute atomic E-state index is 12.7. The molecule has 0 saturated carbocycles. The third-order valence-corrected chi connectivity index (χ3v) is 4.97. The highest BCUT2D eigenvalue weighted by atomic mass is 32.2. The largest absolute Gasteiger partial charge is 0.477 e. The number of amides is 2. The monoisotopic (exact) mass is 422 g/mol. The number of aromatic carboxylic acids is 1. The maximum Gasteiger partial charge on any atom is 0.353 e. The van der Waals surface area contributed by atoms with Crippen molar-refractivity contribution in [3.8, 4) is 12.0 Å². The van der Waals surface area contributed by atoms with Gasteiger partial charge in [-0.2, -0.15) is 9.97 Å². The van der Waals surface area contributed by atoms with Crippen LogP contribution in [0.3, 0.4) is 0 Å². The summed E-state index contributed by atoms with van der Waals surface area (Å²) < 4.78 is 36.8. The fourth-order valence-electron chi connectivity index (χ4n) is 2.42. The summed E-state index contributed by atoms with van der Waals surface area (Å²) in [5.74, 6) is -1.85. The fourth-order valence-corrected chi connectivity index (χ4v) is 3.69. The molecular formula is C15H14N6O7S. The number of anilines is 1. The van der Waals surface area contributed by atoms with E-state index < -0.39 is 32.6 Å². The standard InChI is InChI=1S/C15H14N6O7S/c1-27-14-18-12(19-15(20-14)28-2)17-13(24)21-29(25,26)10-7-5-3-4-6-8(7)16-9(10)11(22)23/h3-6,16H,1-2H3,(H,22,23)(H2,17,18,19,20,21,24). The number of methoxy groups -OCH3 is 2. The average molecular weight is 422 g/mol. The number of urea groups is 1. The number of aromatic nitrogens is 4. The van der Waals surface area contributed by atoms with Crippen LogP contribution in [0.2, 0.25) is 0 Å². The third kappa shape index (κ3) is 4.01. The van der Waals surface area contributed by atoms with Crippen molar-refractivity contribution >= 4 is 38.9 Å².